The Balaban J connectivity index is 1.14. The first-order chi connectivity index (χ1) is 16.2. The maximum atomic E-state index is 7.08. The average molecular weight is 465 g/mol. The van der Waals surface area contributed by atoms with Crippen LogP contribution in [-0.2, 0) is 0 Å². The monoisotopic (exact) mass is 464 g/mol. The molecule has 2 aromatic rings. The number of nitrogens with one attached hydrogen (secondary N) is 1. The molecule has 2 aliphatic heterocycles. The van der Waals surface area contributed by atoms with E-state index < -0.39 is 0 Å². The number of halogens is 1. The van der Waals surface area contributed by atoms with Gasteiger partial charge in [0.2, 0.25) is 0 Å². The zero-order valence-electron chi connectivity index (χ0n) is 19.2. The second kappa shape index (κ2) is 8.09. The van der Waals surface area contributed by atoms with Crippen molar-refractivity contribution < 1.29 is 0 Å². The van der Waals surface area contributed by atoms with E-state index in [9.17, 15) is 0 Å². The minimum Gasteiger partial charge on any atom is -0.355 e. The normalized spacial score (nSPS) is 27.6. The highest BCUT2D eigenvalue weighted by molar-refractivity contribution is 6.34. The van der Waals surface area contributed by atoms with E-state index in [0.717, 1.165) is 59.0 Å². The van der Waals surface area contributed by atoms with Gasteiger partial charge in [-0.1, -0.05) is 11.6 Å². The van der Waals surface area contributed by atoms with Crippen LogP contribution in [0.4, 0.5) is 17.5 Å². The van der Waals surface area contributed by atoms with Gasteiger partial charge in [-0.3, -0.25) is 4.98 Å². The molecule has 3 aliphatic carbocycles. The minimum atomic E-state index is 0.496. The van der Waals surface area contributed by atoms with Crippen LogP contribution in [0.3, 0.4) is 0 Å². The predicted octanol–water partition coefficient (Wildman–Crippen LogP) is 5.19. The van der Waals surface area contributed by atoms with Gasteiger partial charge in [0.05, 0.1) is 23.1 Å². The summed E-state index contributed by atoms with van der Waals surface area (Å²) < 4.78 is 0. The molecule has 6 nitrogen and oxygen atoms in total. The Labute approximate surface area is 201 Å². The number of piperidine rings is 2. The van der Waals surface area contributed by atoms with Crippen molar-refractivity contribution in [3.05, 3.63) is 34.7 Å². The van der Waals surface area contributed by atoms with Crippen molar-refractivity contribution in [3.8, 4) is 0 Å². The Kier molecular flexibility index (Phi) is 5.01. The molecule has 7 rings (SSSR count). The fourth-order valence-electron chi connectivity index (χ4n) is 5.89. The lowest BCUT2D eigenvalue weighted by atomic mass is 9.89. The van der Waals surface area contributed by atoms with Gasteiger partial charge in [0, 0.05) is 25.6 Å². The molecule has 1 N–H and O–H groups in total. The number of aromatic nitrogens is 3. The summed E-state index contributed by atoms with van der Waals surface area (Å²) in [5.41, 5.74) is 2.37. The van der Waals surface area contributed by atoms with E-state index in [-0.39, 0.29) is 0 Å². The number of rotatable bonds is 7. The van der Waals surface area contributed by atoms with E-state index in [4.69, 9.17) is 16.6 Å². The Morgan fingerprint density at radius 2 is 1.70 bits per heavy atom. The molecule has 5 fully saturated rings. The quantitative estimate of drug-likeness (QED) is 0.608. The molecular weight excluding hydrogens is 432 g/mol. The Morgan fingerprint density at radius 3 is 2.36 bits per heavy atom. The second-order valence-corrected chi connectivity index (χ2v) is 11.5. The number of hydrogen-bond acceptors (Lipinski definition) is 6. The number of likely N-dealkylation sites (tertiary alicyclic amines) is 1. The van der Waals surface area contributed by atoms with Gasteiger partial charge in [-0.15, -0.1) is 0 Å². The highest BCUT2D eigenvalue weighted by atomic mass is 35.5. The smallest absolute Gasteiger partial charge is 0.150 e. The number of pyridine rings is 1. The third kappa shape index (κ3) is 4.32. The molecule has 5 aliphatic rings. The molecule has 0 spiro atoms. The van der Waals surface area contributed by atoms with Crippen molar-refractivity contribution >= 4 is 29.1 Å². The lowest BCUT2D eigenvalue weighted by Crippen LogP contribution is -2.34. The maximum absolute atomic E-state index is 7.08. The first-order valence-corrected chi connectivity index (χ1v) is 13.3. The molecule has 2 unspecified atom stereocenters. The topological polar surface area (TPSA) is 57.2 Å². The van der Waals surface area contributed by atoms with Crippen LogP contribution >= 0.6 is 11.6 Å². The molecule has 0 aromatic carbocycles. The van der Waals surface area contributed by atoms with Crippen molar-refractivity contribution in [2.24, 2.45) is 17.8 Å². The molecule has 2 aromatic heterocycles. The zero-order valence-corrected chi connectivity index (χ0v) is 20.0. The molecule has 0 radical (unpaired) electrons. The van der Waals surface area contributed by atoms with Gasteiger partial charge in [0.1, 0.15) is 17.5 Å². The van der Waals surface area contributed by atoms with E-state index in [2.05, 4.69) is 31.2 Å². The van der Waals surface area contributed by atoms with Crippen molar-refractivity contribution in [1.82, 2.24) is 19.9 Å². The first-order valence-electron chi connectivity index (χ1n) is 13.0. The number of fused-ring (bicyclic) bond motifs is 1. The van der Waals surface area contributed by atoms with Gasteiger partial charge >= 0.3 is 0 Å². The maximum Gasteiger partial charge on any atom is 0.150 e. The average Bonchev–Trinajstić information content (AvgIpc) is 3.73. The van der Waals surface area contributed by atoms with Crippen molar-refractivity contribution in [3.63, 3.8) is 0 Å². The summed E-state index contributed by atoms with van der Waals surface area (Å²) in [5, 5.41) is 4.32. The summed E-state index contributed by atoms with van der Waals surface area (Å²) in [7, 11) is 0. The van der Waals surface area contributed by atoms with Crippen LogP contribution in [0.1, 0.15) is 68.0 Å². The first kappa shape index (κ1) is 20.5. The fourth-order valence-corrected chi connectivity index (χ4v) is 6.26. The van der Waals surface area contributed by atoms with Crippen molar-refractivity contribution in [1.29, 1.82) is 0 Å². The van der Waals surface area contributed by atoms with Crippen LogP contribution in [-0.4, -0.2) is 52.6 Å². The third-order valence-electron chi connectivity index (χ3n) is 8.41. The standard InChI is InChI=1S/C26H33ClN6/c27-25-21(17-5-7-32(8-6-17)13-16-1-2-16)10-23(31-26(25)33-14-19-9-20(19)15-33)30-24-12-28-22(11-29-24)18-3-4-18/h10-12,16-20H,1-9,13-15H2,(H,29,30,31). The highest BCUT2D eigenvalue weighted by Crippen LogP contribution is 2.48. The lowest BCUT2D eigenvalue weighted by Gasteiger charge is -2.33. The van der Waals surface area contributed by atoms with Crippen LogP contribution in [0.15, 0.2) is 18.5 Å². The molecule has 174 valence electrons. The van der Waals surface area contributed by atoms with Gasteiger partial charge in [-0.25, -0.2) is 9.97 Å². The molecule has 0 amide bonds. The van der Waals surface area contributed by atoms with E-state index in [0.29, 0.717) is 11.8 Å². The van der Waals surface area contributed by atoms with Crippen LogP contribution in [0.25, 0.3) is 0 Å². The molecular formula is C26H33ClN6. The SMILES string of the molecule is Clc1c(C2CCN(CC3CC3)CC2)cc(Nc2cnc(C3CC3)cn2)nc1N1CC2CC2C1. The summed E-state index contributed by atoms with van der Waals surface area (Å²) in [6.45, 7) is 5.84. The van der Waals surface area contributed by atoms with Gasteiger partial charge in [-0.2, -0.15) is 0 Å². The van der Waals surface area contributed by atoms with Gasteiger partial charge < -0.3 is 15.1 Å². The summed E-state index contributed by atoms with van der Waals surface area (Å²) in [4.78, 5) is 19.3. The zero-order chi connectivity index (χ0) is 21.9. The molecule has 33 heavy (non-hydrogen) atoms. The van der Waals surface area contributed by atoms with Crippen LogP contribution in [0, 0.1) is 17.8 Å². The lowest BCUT2D eigenvalue weighted by molar-refractivity contribution is 0.205. The number of hydrogen-bond donors (Lipinski definition) is 1. The second-order valence-electron chi connectivity index (χ2n) is 11.1. The Morgan fingerprint density at radius 1 is 0.909 bits per heavy atom. The summed E-state index contributed by atoms with van der Waals surface area (Å²) >= 11 is 7.08. The van der Waals surface area contributed by atoms with Crippen molar-refractivity contribution in [2.75, 3.05) is 42.9 Å². The third-order valence-corrected chi connectivity index (χ3v) is 8.80. The van der Waals surface area contributed by atoms with Crippen LogP contribution in [0.2, 0.25) is 5.02 Å². The number of anilines is 3. The summed E-state index contributed by atoms with van der Waals surface area (Å²) in [5.74, 6) is 6.33. The van der Waals surface area contributed by atoms with Gasteiger partial charge in [-0.05, 0) is 93.3 Å². The fraction of sp³-hybridized carbons (Fsp3) is 0.654. The van der Waals surface area contributed by atoms with Gasteiger partial charge in [0.25, 0.3) is 0 Å². The van der Waals surface area contributed by atoms with E-state index in [1.807, 2.05) is 12.4 Å². The Hall–Kier alpha value is -1.92. The predicted molar refractivity (Wildman–Crippen MR) is 131 cm³/mol. The molecule has 2 atom stereocenters. The minimum absolute atomic E-state index is 0.496. The molecule has 7 heteroatoms. The van der Waals surface area contributed by atoms with E-state index >= 15 is 0 Å². The van der Waals surface area contributed by atoms with Crippen LogP contribution < -0.4 is 10.2 Å². The summed E-state index contributed by atoms with van der Waals surface area (Å²) in [6.07, 6.45) is 12.8. The number of nitrogens with zero attached hydrogens (tertiary/aromatic N) is 5. The molecule has 4 heterocycles. The molecule has 2 saturated heterocycles. The summed E-state index contributed by atoms with van der Waals surface area (Å²) in [6, 6.07) is 2.18. The molecule has 3 saturated carbocycles. The van der Waals surface area contributed by atoms with Crippen molar-refractivity contribution in [2.45, 2.75) is 56.8 Å². The Bertz CT molecular complexity index is 1020. The highest BCUT2D eigenvalue weighted by Gasteiger charge is 2.46. The largest absolute Gasteiger partial charge is 0.355 e. The van der Waals surface area contributed by atoms with Crippen LogP contribution in [0.5, 0.6) is 0 Å². The molecule has 0 bridgehead atoms. The van der Waals surface area contributed by atoms with E-state index in [1.54, 1.807) is 0 Å². The van der Waals surface area contributed by atoms with E-state index in [1.165, 1.54) is 70.1 Å². The van der Waals surface area contributed by atoms with Gasteiger partial charge in [0.15, 0.2) is 0 Å².